The monoisotopic (exact) mass is 368 g/mol. The second-order valence-corrected chi connectivity index (χ2v) is 8.22. The van der Waals surface area contributed by atoms with Crippen molar-refractivity contribution in [2.24, 2.45) is 5.92 Å². The normalized spacial score (nSPS) is 26.6. The second-order valence-electron chi connectivity index (χ2n) is 8.22. The van der Waals surface area contributed by atoms with Gasteiger partial charge in [0.1, 0.15) is 6.33 Å². The van der Waals surface area contributed by atoms with Gasteiger partial charge in [0.05, 0.1) is 23.6 Å². The van der Waals surface area contributed by atoms with Crippen molar-refractivity contribution in [1.29, 1.82) is 0 Å². The van der Waals surface area contributed by atoms with Crippen molar-refractivity contribution in [2.45, 2.75) is 44.2 Å². The lowest BCUT2D eigenvalue weighted by molar-refractivity contribution is 0.0671. The van der Waals surface area contributed by atoms with Crippen molar-refractivity contribution in [1.82, 2.24) is 14.9 Å². The van der Waals surface area contributed by atoms with Crippen LogP contribution in [0.5, 0.6) is 5.88 Å². The molecule has 2 heterocycles. The van der Waals surface area contributed by atoms with Gasteiger partial charge in [0.25, 0.3) is 0 Å². The molecule has 2 saturated carbocycles. The van der Waals surface area contributed by atoms with Gasteiger partial charge < -0.3 is 14.7 Å². The van der Waals surface area contributed by atoms with Crippen LogP contribution in [0.1, 0.15) is 32.1 Å². The molecule has 0 amide bonds. The third-order valence-corrected chi connectivity index (χ3v) is 6.33. The molecule has 2 unspecified atom stereocenters. The van der Waals surface area contributed by atoms with E-state index >= 15 is 0 Å². The van der Waals surface area contributed by atoms with Gasteiger partial charge in [0.2, 0.25) is 5.88 Å². The third kappa shape index (κ3) is 3.60. The van der Waals surface area contributed by atoms with Crippen LogP contribution in [-0.2, 0) is 0 Å². The fourth-order valence-corrected chi connectivity index (χ4v) is 4.47. The van der Waals surface area contributed by atoms with Gasteiger partial charge in [-0.3, -0.25) is 4.90 Å². The lowest BCUT2D eigenvalue weighted by atomic mass is 10.1. The quantitative estimate of drug-likeness (QED) is 0.875. The van der Waals surface area contributed by atoms with Gasteiger partial charge in [0.15, 0.2) is 0 Å². The molecular formula is C21H28N4O2. The molecule has 0 bridgehead atoms. The summed E-state index contributed by atoms with van der Waals surface area (Å²) in [4.78, 5) is 13.7. The maximum atomic E-state index is 10.2. The Morgan fingerprint density at radius 3 is 2.63 bits per heavy atom. The summed E-state index contributed by atoms with van der Waals surface area (Å²) >= 11 is 0. The molecule has 144 valence electrons. The molecule has 5 rings (SSSR count). The van der Waals surface area contributed by atoms with Gasteiger partial charge in [0, 0.05) is 37.9 Å². The zero-order valence-corrected chi connectivity index (χ0v) is 15.8. The Bertz CT molecular complexity index is 802. The number of piperazine rings is 1. The standard InChI is InChI=1S/C21H28N4O2/c26-20-3-1-2-19(20)25-10-8-24(9-11-25)16-6-7-18-17(12-16)21(23-14-22-18)27-13-15-4-5-15/h6-7,12,14-15,19-20,26H,1-5,8-11,13H2. The van der Waals surface area contributed by atoms with Crippen molar-refractivity contribution in [3.05, 3.63) is 24.5 Å². The van der Waals surface area contributed by atoms with E-state index in [1.807, 2.05) is 0 Å². The summed E-state index contributed by atoms with van der Waals surface area (Å²) in [5, 5.41) is 11.2. The van der Waals surface area contributed by atoms with Crippen LogP contribution in [-0.4, -0.2) is 64.9 Å². The minimum atomic E-state index is -0.138. The molecule has 6 nitrogen and oxygen atoms in total. The molecular weight excluding hydrogens is 340 g/mol. The predicted octanol–water partition coefficient (Wildman–Crippen LogP) is 2.45. The highest BCUT2D eigenvalue weighted by Crippen LogP contribution is 2.32. The van der Waals surface area contributed by atoms with Crippen molar-refractivity contribution < 1.29 is 9.84 Å². The summed E-state index contributed by atoms with van der Waals surface area (Å²) < 4.78 is 5.98. The Labute approximate surface area is 160 Å². The molecule has 0 radical (unpaired) electrons. The summed E-state index contributed by atoms with van der Waals surface area (Å²) in [5.41, 5.74) is 2.15. The molecule has 2 atom stereocenters. The van der Waals surface area contributed by atoms with E-state index in [9.17, 15) is 5.11 Å². The molecule has 1 saturated heterocycles. The van der Waals surface area contributed by atoms with Gasteiger partial charge >= 0.3 is 0 Å². The Morgan fingerprint density at radius 2 is 1.89 bits per heavy atom. The van der Waals surface area contributed by atoms with Crippen LogP contribution in [0.25, 0.3) is 10.9 Å². The van der Waals surface area contributed by atoms with Gasteiger partial charge in [-0.2, -0.15) is 0 Å². The van der Waals surface area contributed by atoms with Crippen LogP contribution in [0.15, 0.2) is 24.5 Å². The first-order chi connectivity index (χ1) is 13.3. The maximum absolute atomic E-state index is 10.2. The van der Waals surface area contributed by atoms with E-state index in [2.05, 4.69) is 38.0 Å². The van der Waals surface area contributed by atoms with Gasteiger partial charge in [-0.05, 0) is 56.2 Å². The first-order valence-electron chi connectivity index (χ1n) is 10.3. The van der Waals surface area contributed by atoms with E-state index in [1.165, 1.54) is 18.5 Å². The SMILES string of the molecule is OC1CCCC1N1CCN(c2ccc3ncnc(OCC4CC4)c3c2)CC1. The highest BCUT2D eigenvalue weighted by Gasteiger charge is 2.32. The van der Waals surface area contributed by atoms with E-state index in [1.54, 1.807) is 6.33 Å². The number of hydrogen-bond donors (Lipinski definition) is 1. The predicted molar refractivity (Wildman–Crippen MR) is 105 cm³/mol. The van der Waals surface area contributed by atoms with Crippen molar-refractivity contribution >= 4 is 16.6 Å². The summed E-state index contributed by atoms with van der Waals surface area (Å²) in [6.45, 7) is 4.76. The number of aliphatic hydroxyl groups is 1. The summed E-state index contributed by atoms with van der Waals surface area (Å²) in [5.74, 6) is 1.42. The number of hydrogen-bond acceptors (Lipinski definition) is 6. The molecule has 27 heavy (non-hydrogen) atoms. The second kappa shape index (κ2) is 7.24. The number of aliphatic hydroxyl groups excluding tert-OH is 1. The number of rotatable bonds is 5. The lowest BCUT2D eigenvalue weighted by Crippen LogP contribution is -2.52. The average molecular weight is 368 g/mol. The topological polar surface area (TPSA) is 61.7 Å². The molecule has 3 aliphatic rings. The molecule has 1 aliphatic heterocycles. The van der Waals surface area contributed by atoms with Crippen LogP contribution in [0.3, 0.4) is 0 Å². The van der Waals surface area contributed by atoms with Gasteiger partial charge in [-0.15, -0.1) is 0 Å². The van der Waals surface area contributed by atoms with Crippen molar-refractivity contribution in [3.63, 3.8) is 0 Å². The fourth-order valence-electron chi connectivity index (χ4n) is 4.47. The lowest BCUT2D eigenvalue weighted by Gasteiger charge is -2.40. The first kappa shape index (κ1) is 17.2. The molecule has 1 aromatic carbocycles. The molecule has 1 N–H and O–H groups in total. The van der Waals surface area contributed by atoms with Crippen LogP contribution < -0.4 is 9.64 Å². The smallest absolute Gasteiger partial charge is 0.224 e. The molecule has 2 aromatic rings. The Hall–Kier alpha value is -1.92. The molecule has 3 fully saturated rings. The van der Waals surface area contributed by atoms with Crippen LogP contribution >= 0.6 is 0 Å². The number of nitrogens with zero attached hydrogens (tertiary/aromatic N) is 4. The number of aromatic nitrogens is 2. The van der Waals surface area contributed by atoms with E-state index in [0.29, 0.717) is 17.8 Å². The molecule has 0 spiro atoms. The van der Waals surface area contributed by atoms with E-state index < -0.39 is 0 Å². The van der Waals surface area contributed by atoms with Gasteiger partial charge in [-0.1, -0.05) is 0 Å². The van der Waals surface area contributed by atoms with Gasteiger partial charge in [-0.25, -0.2) is 9.97 Å². The molecule has 1 aromatic heterocycles. The molecule has 2 aliphatic carbocycles. The highest BCUT2D eigenvalue weighted by molar-refractivity contribution is 5.86. The fraction of sp³-hybridized carbons (Fsp3) is 0.619. The van der Waals surface area contributed by atoms with Crippen LogP contribution in [0, 0.1) is 5.92 Å². The number of ether oxygens (including phenoxy) is 1. The zero-order valence-electron chi connectivity index (χ0n) is 15.8. The zero-order chi connectivity index (χ0) is 18.2. The number of benzene rings is 1. The van der Waals surface area contributed by atoms with Crippen molar-refractivity contribution in [2.75, 3.05) is 37.7 Å². The van der Waals surface area contributed by atoms with E-state index in [4.69, 9.17) is 4.74 Å². The summed E-state index contributed by atoms with van der Waals surface area (Å²) in [6.07, 6.45) is 7.24. The average Bonchev–Trinajstić information content (AvgIpc) is 3.45. The van der Waals surface area contributed by atoms with E-state index in [0.717, 1.165) is 63.0 Å². The number of fused-ring (bicyclic) bond motifs is 1. The minimum absolute atomic E-state index is 0.138. The first-order valence-corrected chi connectivity index (χ1v) is 10.3. The Balaban J connectivity index is 1.30. The maximum Gasteiger partial charge on any atom is 0.224 e. The van der Waals surface area contributed by atoms with Crippen LogP contribution in [0.2, 0.25) is 0 Å². The number of anilines is 1. The third-order valence-electron chi connectivity index (χ3n) is 6.33. The minimum Gasteiger partial charge on any atom is -0.477 e. The van der Waals surface area contributed by atoms with Crippen molar-refractivity contribution in [3.8, 4) is 5.88 Å². The highest BCUT2D eigenvalue weighted by atomic mass is 16.5. The summed E-state index contributed by atoms with van der Waals surface area (Å²) in [7, 11) is 0. The Kier molecular flexibility index (Phi) is 4.61. The largest absolute Gasteiger partial charge is 0.477 e. The Morgan fingerprint density at radius 1 is 1.04 bits per heavy atom. The van der Waals surface area contributed by atoms with Crippen LogP contribution in [0.4, 0.5) is 5.69 Å². The van der Waals surface area contributed by atoms with E-state index in [-0.39, 0.29) is 6.10 Å². The molecule has 6 heteroatoms. The summed E-state index contributed by atoms with van der Waals surface area (Å²) in [6, 6.07) is 6.76.